The summed E-state index contributed by atoms with van der Waals surface area (Å²) in [5.74, 6) is -0.449. The number of halogens is 1. The molecular formula is C21H23ClN2O4S. The molecule has 1 aliphatic rings. The maximum atomic E-state index is 13.1. The van der Waals surface area contributed by atoms with E-state index in [0.29, 0.717) is 30.0 Å². The van der Waals surface area contributed by atoms with Gasteiger partial charge in [0.25, 0.3) is 0 Å². The van der Waals surface area contributed by atoms with Gasteiger partial charge in [-0.2, -0.15) is 4.31 Å². The maximum Gasteiger partial charge on any atom is 0.243 e. The van der Waals surface area contributed by atoms with Crippen molar-refractivity contribution in [2.45, 2.75) is 43.7 Å². The fourth-order valence-corrected chi connectivity index (χ4v) is 5.14. The Morgan fingerprint density at radius 2 is 1.72 bits per heavy atom. The van der Waals surface area contributed by atoms with Crippen molar-refractivity contribution in [3.8, 4) is 0 Å². The first-order chi connectivity index (χ1) is 13.8. The van der Waals surface area contributed by atoms with Crippen molar-refractivity contribution in [2.75, 3.05) is 6.54 Å². The van der Waals surface area contributed by atoms with Gasteiger partial charge >= 0.3 is 0 Å². The van der Waals surface area contributed by atoms with Crippen molar-refractivity contribution in [1.82, 2.24) is 9.62 Å². The third kappa shape index (κ3) is 5.04. The summed E-state index contributed by atoms with van der Waals surface area (Å²) < 4.78 is 27.6. The molecule has 1 unspecified atom stereocenters. The molecular weight excluding hydrogens is 412 g/mol. The molecule has 1 aliphatic heterocycles. The molecule has 1 amide bonds. The van der Waals surface area contributed by atoms with Crippen LogP contribution < -0.4 is 5.32 Å². The number of Topliss-reactive ketones (excluding diaryl/α,β-unsaturated/α-hetero) is 1. The third-order valence-corrected chi connectivity index (χ3v) is 7.18. The quantitative estimate of drug-likeness (QED) is 0.706. The second-order valence-electron chi connectivity index (χ2n) is 7.05. The lowest BCUT2D eigenvalue weighted by Gasteiger charge is -2.33. The Morgan fingerprint density at radius 3 is 2.34 bits per heavy atom. The minimum absolute atomic E-state index is 0.0832. The average molecular weight is 435 g/mol. The minimum atomic E-state index is -3.84. The molecule has 0 radical (unpaired) electrons. The van der Waals surface area contributed by atoms with Crippen LogP contribution in [0.2, 0.25) is 5.02 Å². The summed E-state index contributed by atoms with van der Waals surface area (Å²) in [6, 6.07) is 12.2. The molecule has 2 aromatic rings. The van der Waals surface area contributed by atoms with Crippen molar-refractivity contribution >= 4 is 33.3 Å². The Morgan fingerprint density at radius 1 is 1.07 bits per heavy atom. The highest BCUT2D eigenvalue weighted by atomic mass is 35.5. The molecule has 0 saturated carbocycles. The van der Waals surface area contributed by atoms with E-state index in [1.165, 1.54) is 35.5 Å². The van der Waals surface area contributed by atoms with Crippen LogP contribution in [0.4, 0.5) is 0 Å². The van der Waals surface area contributed by atoms with Gasteiger partial charge in [0.2, 0.25) is 15.9 Å². The van der Waals surface area contributed by atoms with E-state index in [0.717, 1.165) is 12.0 Å². The third-order valence-electron chi connectivity index (χ3n) is 5.00. The van der Waals surface area contributed by atoms with Crippen LogP contribution in [0.1, 0.15) is 42.1 Å². The Hall–Kier alpha value is -2.22. The molecule has 2 aromatic carbocycles. The lowest BCUT2D eigenvalue weighted by molar-refractivity contribution is -0.125. The zero-order valence-corrected chi connectivity index (χ0v) is 17.7. The highest BCUT2D eigenvalue weighted by Crippen LogP contribution is 2.26. The van der Waals surface area contributed by atoms with E-state index in [4.69, 9.17) is 11.6 Å². The van der Waals surface area contributed by atoms with Gasteiger partial charge in [-0.1, -0.05) is 42.3 Å². The topological polar surface area (TPSA) is 83.6 Å². The number of carbonyl (C=O) groups is 2. The molecule has 29 heavy (non-hydrogen) atoms. The van der Waals surface area contributed by atoms with Gasteiger partial charge in [-0.25, -0.2) is 8.42 Å². The predicted octanol–water partition coefficient (Wildman–Crippen LogP) is 3.40. The number of piperidine rings is 1. The van der Waals surface area contributed by atoms with Crippen molar-refractivity contribution < 1.29 is 18.0 Å². The number of benzene rings is 2. The van der Waals surface area contributed by atoms with Gasteiger partial charge in [-0.15, -0.1) is 0 Å². The smallest absolute Gasteiger partial charge is 0.243 e. The second-order valence-corrected chi connectivity index (χ2v) is 9.38. The van der Waals surface area contributed by atoms with Crippen molar-refractivity contribution in [3.63, 3.8) is 0 Å². The summed E-state index contributed by atoms with van der Waals surface area (Å²) in [5, 5.41) is 3.44. The molecule has 0 aliphatic carbocycles. The molecule has 1 saturated heterocycles. The molecule has 0 aromatic heterocycles. The lowest BCUT2D eigenvalue weighted by atomic mass is 10.0. The first-order valence-corrected chi connectivity index (χ1v) is 11.3. The zero-order valence-electron chi connectivity index (χ0n) is 16.1. The SMILES string of the molecule is CC(=O)c1ccc(S(=O)(=O)N2CCCCC2C(=O)NCc2ccc(Cl)cc2)cc1. The summed E-state index contributed by atoms with van der Waals surface area (Å²) in [6.07, 6.45) is 1.96. The van der Waals surface area contributed by atoms with Gasteiger partial charge in [-0.05, 0) is 49.6 Å². The fourth-order valence-electron chi connectivity index (χ4n) is 3.36. The van der Waals surface area contributed by atoms with Crippen LogP contribution in [-0.4, -0.2) is 37.0 Å². The first-order valence-electron chi connectivity index (χ1n) is 9.44. The fraction of sp³-hybridized carbons (Fsp3) is 0.333. The van der Waals surface area contributed by atoms with Gasteiger partial charge in [-0.3, -0.25) is 9.59 Å². The molecule has 6 nitrogen and oxygen atoms in total. The van der Waals surface area contributed by atoms with Crippen molar-refractivity contribution in [1.29, 1.82) is 0 Å². The molecule has 1 heterocycles. The van der Waals surface area contributed by atoms with Gasteiger partial charge in [0, 0.05) is 23.7 Å². The predicted molar refractivity (Wildman–Crippen MR) is 111 cm³/mol. The molecule has 1 fully saturated rings. The Balaban J connectivity index is 1.76. The number of hydrogen-bond donors (Lipinski definition) is 1. The summed E-state index contributed by atoms with van der Waals surface area (Å²) in [5.41, 5.74) is 1.33. The van der Waals surface area contributed by atoms with E-state index < -0.39 is 16.1 Å². The zero-order chi connectivity index (χ0) is 21.0. The molecule has 154 valence electrons. The summed E-state index contributed by atoms with van der Waals surface area (Å²) in [4.78, 5) is 24.3. The van der Waals surface area contributed by atoms with Crippen LogP contribution in [-0.2, 0) is 21.4 Å². The molecule has 1 N–H and O–H groups in total. The number of hydrogen-bond acceptors (Lipinski definition) is 4. The minimum Gasteiger partial charge on any atom is -0.351 e. The Labute approximate surface area is 175 Å². The van der Waals surface area contributed by atoms with E-state index in [2.05, 4.69) is 5.32 Å². The average Bonchev–Trinajstić information content (AvgIpc) is 2.73. The molecule has 0 bridgehead atoms. The lowest BCUT2D eigenvalue weighted by Crippen LogP contribution is -2.51. The Kier molecular flexibility index (Phi) is 6.72. The number of nitrogens with one attached hydrogen (secondary N) is 1. The first kappa shape index (κ1) is 21.5. The van der Waals surface area contributed by atoms with Gasteiger partial charge in [0.05, 0.1) is 4.90 Å². The monoisotopic (exact) mass is 434 g/mol. The summed E-state index contributed by atoms with van der Waals surface area (Å²) in [6.45, 7) is 2.01. The highest BCUT2D eigenvalue weighted by molar-refractivity contribution is 7.89. The van der Waals surface area contributed by atoms with Gasteiger partial charge in [0.15, 0.2) is 5.78 Å². The van der Waals surface area contributed by atoms with Crippen LogP contribution in [0.25, 0.3) is 0 Å². The van der Waals surface area contributed by atoms with Crippen LogP contribution in [0, 0.1) is 0 Å². The Bertz CT molecular complexity index is 988. The van der Waals surface area contributed by atoms with E-state index >= 15 is 0 Å². The van der Waals surface area contributed by atoms with Crippen LogP contribution >= 0.6 is 11.6 Å². The van der Waals surface area contributed by atoms with Crippen LogP contribution in [0.15, 0.2) is 53.4 Å². The summed E-state index contributed by atoms with van der Waals surface area (Å²) in [7, 11) is -3.84. The maximum absolute atomic E-state index is 13.1. The van der Waals surface area contributed by atoms with Crippen LogP contribution in [0.3, 0.4) is 0 Å². The van der Waals surface area contributed by atoms with E-state index in [1.807, 2.05) is 12.1 Å². The molecule has 1 atom stereocenters. The van der Waals surface area contributed by atoms with E-state index in [1.54, 1.807) is 12.1 Å². The van der Waals surface area contributed by atoms with Gasteiger partial charge < -0.3 is 5.32 Å². The highest BCUT2D eigenvalue weighted by Gasteiger charge is 2.37. The number of sulfonamides is 1. The number of amides is 1. The van der Waals surface area contributed by atoms with E-state index in [9.17, 15) is 18.0 Å². The van der Waals surface area contributed by atoms with E-state index in [-0.39, 0.29) is 23.1 Å². The van der Waals surface area contributed by atoms with Crippen molar-refractivity contribution in [2.24, 2.45) is 0 Å². The summed E-state index contributed by atoms with van der Waals surface area (Å²) >= 11 is 5.87. The standard InChI is InChI=1S/C21H23ClN2O4S/c1-15(25)17-7-11-19(12-8-17)29(27,28)24-13-3-2-4-20(24)21(26)23-14-16-5-9-18(22)10-6-16/h5-12,20H,2-4,13-14H2,1H3,(H,23,26). The number of carbonyl (C=O) groups excluding carboxylic acids is 2. The number of rotatable bonds is 6. The molecule has 0 spiro atoms. The largest absolute Gasteiger partial charge is 0.351 e. The molecule has 8 heteroatoms. The second kappa shape index (κ2) is 9.07. The molecule has 3 rings (SSSR count). The van der Waals surface area contributed by atoms with Crippen LogP contribution in [0.5, 0.6) is 0 Å². The number of ketones is 1. The number of nitrogens with zero attached hydrogens (tertiary/aromatic N) is 1. The normalized spacial score (nSPS) is 17.7. The van der Waals surface area contributed by atoms with Crippen molar-refractivity contribution in [3.05, 3.63) is 64.7 Å². The van der Waals surface area contributed by atoms with Gasteiger partial charge in [0.1, 0.15) is 6.04 Å².